The van der Waals surface area contributed by atoms with E-state index in [1.165, 1.54) is 42.6 Å². The minimum atomic E-state index is -0.0909. The summed E-state index contributed by atoms with van der Waals surface area (Å²) >= 11 is 1.75. The molecule has 1 aromatic carbocycles. The number of rotatable bonds is 4. The van der Waals surface area contributed by atoms with E-state index in [4.69, 9.17) is 0 Å². The Bertz CT molecular complexity index is 363. The summed E-state index contributed by atoms with van der Waals surface area (Å²) in [6, 6.07) is 9.00. The Kier molecular flexibility index (Phi) is 4.74. The lowest BCUT2D eigenvalue weighted by atomic mass is 9.84. The summed E-state index contributed by atoms with van der Waals surface area (Å²) in [5.74, 6) is 0.781. The van der Waals surface area contributed by atoms with E-state index in [2.05, 4.69) is 38.1 Å². The Balaban J connectivity index is 2.00. The summed E-state index contributed by atoms with van der Waals surface area (Å²) in [4.78, 5) is 1.26. The van der Waals surface area contributed by atoms with Crippen molar-refractivity contribution in [1.82, 2.24) is 0 Å². The van der Waals surface area contributed by atoms with Gasteiger partial charge in [0.05, 0.1) is 6.61 Å². The molecule has 2 rings (SSSR count). The zero-order chi connectivity index (χ0) is 13.0. The molecule has 1 N–H and O–H groups in total. The van der Waals surface area contributed by atoms with Crippen molar-refractivity contribution in [1.29, 1.82) is 0 Å². The van der Waals surface area contributed by atoms with Gasteiger partial charge in [-0.1, -0.05) is 31.4 Å². The van der Waals surface area contributed by atoms with Gasteiger partial charge in [-0.05, 0) is 50.3 Å². The van der Waals surface area contributed by atoms with E-state index in [9.17, 15) is 5.11 Å². The van der Waals surface area contributed by atoms with Gasteiger partial charge in [-0.2, -0.15) is 0 Å². The van der Waals surface area contributed by atoms with Crippen LogP contribution in [0.15, 0.2) is 29.2 Å². The third-order valence-electron chi connectivity index (χ3n) is 3.73. The van der Waals surface area contributed by atoms with Crippen LogP contribution in [0.2, 0.25) is 0 Å². The van der Waals surface area contributed by atoms with E-state index in [1.807, 2.05) is 0 Å². The predicted octanol–water partition coefficient (Wildman–Crippen LogP) is 4.60. The van der Waals surface area contributed by atoms with Crippen LogP contribution in [-0.4, -0.2) is 16.5 Å². The number of hydrogen-bond donors (Lipinski definition) is 1. The second kappa shape index (κ2) is 6.12. The van der Waals surface area contributed by atoms with Gasteiger partial charge in [-0.15, -0.1) is 11.8 Å². The van der Waals surface area contributed by atoms with Gasteiger partial charge >= 0.3 is 0 Å². The maximum atomic E-state index is 9.29. The van der Waals surface area contributed by atoms with Crippen molar-refractivity contribution >= 4 is 11.8 Å². The van der Waals surface area contributed by atoms with Gasteiger partial charge < -0.3 is 5.11 Å². The van der Waals surface area contributed by atoms with Crippen LogP contribution in [-0.2, 0) is 0 Å². The van der Waals surface area contributed by atoms with Crippen LogP contribution in [0.5, 0.6) is 0 Å². The molecule has 1 aliphatic carbocycles. The Morgan fingerprint density at radius 1 is 1.11 bits per heavy atom. The molecule has 0 atom stereocenters. The maximum absolute atomic E-state index is 9.29. The van der Waals surface area contributed by atoms with Crippen molar-refractivity contribution in [3.05, 3.63) is 29.8 Å². The van der Waals surface area contributed by atoms with E-state index in [1.54, 1.807) is 11.8 Å². The molecule has 1 aromatic rings. The summed E-state index contributed by atoms with van der Waals surface area (Å²) in [7, 11) is 0. The summed E-state index contributed by atoms with van der Waals surface area (Å²) in [6.45, 7) is 4.36. The molecule has 0 amide bonds. The first kappa shape index (κ1) is 14.0. The summed E-state index contributed by atoms with van der Waals surface area (Å²) < 4.78 is -0.0909. The first-order valence-electron chi connectivity index (χ1n) is 7.00. The zero-order valence-electron chi connectivity index (χ0n) is 11.5. The van der Waals surface area contributed by atoms with Crippen molar-refractivity contribution < 1.29 is 5.11 Å². The molecule has 0 saturated heterocycles. The molecule has 0 aliphatic heterocycles. The first-order valence-corrected chi connectivity index (χ1v) is 7.82. The minimum Gasteiger partial charge on any atom is -0.395 e. The summed E-state index contributed by atoms with van der Waals surface area (Å²) in [6.07, 6.45) is 6.90. The number of hydrogen-bond acceptors (Lipinski definition) is 2. The van der Waals surface area contributed by atoms with Gasteiger partial charge in [-0.3, -0.25) is 0 Å². The SMILES string of the molecule is CC(C)(CO)Sc1ccc(C2CCCCC2)cc1. The molecule has 1 fully saturated rings. The second-order valence-electron chi connectivity index (χ2n) is 5.92. The highest BCUT2D eigenvalue weighted by Gasteiger charge is 2.19. The standard InChI is InChI=1S/C16H24OS/c1-16(2,12-17)18-15-10-8-14(9-11-15)13-6-4-3-5-7-13/h8-11,13,17H,3-7,12H2,1-2H3. The average molecular weight is 264 g/mol. The van der Waals surface area contributed by atoms with Crippen LogP contribution in [0.3, 0.4) is 0 Å². The molecule has 0 bridgehead atoms. The van der Waals surface area contributed by atoms with Gasteiger partial charge in [0.2, 0.25) is 0 Å². The third kappa shape index (κ3) is 3.76. The number of aliphatic hydroxyl groups excluding tert-OH is 1. The monoisotopic (exact) mass is 264 g/mol. The molecular formula is C16H24OS. The molecule has 1 nitrogen and oxygen atoms in total. The van der Waals surface area contributed by atoms with Gasteiger partial charge in [0, 0.05) is 9.64 Å². The molecule has 100 valence electrons. The number of benzene rings is 1. The quantitative estimate of drug-likeness (QED) is 0.802. The molecular weight excluding hydrogens is 240 g/mol. The number of thioether (sulfide) groups is 1. The van der Waals surface area contributed by atoms with Crippen molar-refractivity contribution in [2.75, 3.05) is 6.61 Å². The highest BCUT2D eigenvalue weighted by molar-refractivity contribution is 8.00. The van der Waals surface area contributed by atoms with Crippen molar-refractivity contribution in [2.24, 2.45) is 0 Å². The topological polar surface area (TPSA) is 20.2 Å². The first-order chi connectivity index (χ1) is 8.61. The van der Waals surface area contributed by atoms with Gasteiger partial charge in [0.25, 0.3) is 0 Å². The Labute approximate surface area is 115 Å². The van der Waals surface area contributed by atoms with Crippen molar-refractivity contribution in [2.45, 2.75) is 61.5 Å². The van der Waals surface area contributed by atoms with Crippen LogP contribution in [0.25, 0.3) is 0 Å². The van der Waals surface area contributed by atoms with Crippen molar-refractivity contribution in [3.8, 4) is 0 Å². The highest BCUT2D eigenvalue weighted by Crippen LogP contribution is 2.35. The molecule has 0 spiro atoms. The lowest BCUT2D eigenvalue weighted by molar-refractivity contribution is 0.265. The Morgan fingerprint density at radius 2 is 1.72 bits per heavy atom. The lowest BCUT2D eigenvalue weighted by Gasteiger charge is -2.23. The van der Waals surface area contributed by atoms with E-state index in [-0.39, 0.29) is 11.4 Å². The lowest BCUT2D eigenvalue weighted by Crippen LogP contribution is -2.19. The second-order valence-corrected chi connectivity index (χ2v) is 7.70. The number of aliphatic hydroxyl groups is 1. The Morgan fingerprint density at radius 3 is 2.28 bits per heavy atom. The fourth-order valence-electron chi connectivity index (χ4n) is 2.60. The fraction of sp³-hybridized carbons (Fsp3) is 0.625. The van der Waals surface area contributed by atoms with Gasteiger partial charge in [0.15, 0.2) is 0 Å². The highest BCUT2D eigenvalue weighted by atomic mass is 32.2. The fourth-order valence-corrected chi connectivity index (χ4v) is 3.57. The summed E-state index contributed by atoms with van der Waals surface area (Å²) in [5, 5.41) is 9.29. The molecule has 0 heterocycles. The largest absolute Gasteiger partial charge is 0.395 e. The molecule has 0 radical (unpaired) electrons. The average Bonchev–Trinajstić information content (AvgIpc) is 2.40. The molecule has 2 heteroatoms. The van der Waals surface area contributed by atoms with Crippen LogP contribution in [0.1, 0.15) is 57.4 Å². The molecule has 1 aliphatic rings. The normalized spacial score (nSPS) is 17.9. The van der Waals surface area contributed by atoms with Crippen LogP contribution in [0.4, 0.5) is 0 Å². The van der Waals surface area contributed by atoms with Crippen LogP contribution in [0, 0.1) is 0 Å². The van der Waals surface area contributed by atoms with E-state index >= 15 is 0 Å². The van der Waals surface area contributed by atoms with Crippen molar-refractivity contribution in [3.63, 3.8) is 0 Å². The molecule has 18 heavy (non-hydrogen) atoms. The molecule has 1 saturated carbocycles. The van der Waals surface area contributed by atoms with Crippen LogP contribution >= 0.6 is 11.8 Å². The zero-order valence-corrected chi connectivity index (χ0v) is 12.3. The van der Waals surface area contributed by atoms with Gasteiger partial charge in [-0.25, -0.2) is 0 Å². The minimum absolute atomic E-state index is 0.0909. The smallest absolute Gasteiger partial charge is 0.0576 e. The maximum Gasteiger partial charge on any atom is 0.0576 e. The Hall–Kier alpha value is -0.470. The van der Waals surface area contributed by atoms with E-state index < -0.39 is 0 Å². The third-order valence-corrected chi connectivity index (χ3v) is 4.92. The van der Waals surface area contributed by atoms with E-state index in [0.29, 0.717) is 0 Å². The van der Waals surface area contributed by atoms with E-state index in [0.717, 1.165) is 5.92 Å². The predicted molar refractivity (Wildman–Crippen MR) is 79.3 cm³/mol. The summed E-state index contributed by atoms with van der Waals surface area (Å²) in [5.41, 5.74) is 1.50. The van der Waals surface area contributed by atoms with Gasteiger partial charge in [0.1, 0.15) is 0 Å². The molecule has 0 aromatic heterocycles. The van der Waals surface area contributed by atoms with Crippen LogP contribution < -0.4 is 0 Å². The molecule has 0 unspecified atom stereocenters.